The maximum atomic E-state index is 13.6. The summed E-state index contributed by atoms with van der Waals surface area (Å²) in [5, 5.41) is 13.7. The molecule has 0 unspecified atom stereocenters. The highest BCUT2D eigenvalue weighted by Gasteiger charge is 2.38. The fourth-order valence-electron chi connectivity index (χ4n) is 4.20. The van der Waals surface area contributed by atoms with Gasteiger partial charge in [-0.15, -0.1) is 0 Å². The van der Waals surface area contributed by atoms with E-state index in [1.54, 1.807) is 12.4 Å². The highest BCUT2D eigenvalue weighted by atomic mass is 19.4. The van der Waals surface area contributed by atoms with Crippen LogP contribution >= 0.6 is 0 Å². The standard InChI is InChI=1S/C30H34N4O3.C2HF3O2/c1-4-36-28-19-24(11-13-27(28)37-21(2)3)29(30(35)33-17-14-22-8-6-5-7-9-22)34(31)26-12-10-25-20-32-16-15-23(25)18-26;3-2(4,5)1(6)7/h5-13,15-16,18-21,29H,4,14,17,31H2,1-3H3,(H,33,35);(H,6,7)/t29-;/m1./s1. The molecule has 0 spiro atoms. The highest BCUT2D eigenvalue weighted by Crippen LogP contribution is 2.34. The van der Waals surface area contributed by atoms with Crippen molar-refractivity contribution in [3.05, 3.63) is 96.3 Å². The van der Waals surface area contributed by atoms with Crippen LogP contribution in [-0.4, -0.2) is 47.4 Å². The van der Waals surface area contributed by atoms with Gasteiger partial charge in [0.2, 0.25) is 5.91 Å². The second kappa shape index (κ2) is 15.6. The molecule has 1 heterocycles. The summed E-state index contributed by atoms with van der Waals surface area (Å²) in [6, 6.07) is 22.5. The van der Waals surface area contributed by atoms with E-state index < -0.39 is 18.2 Å². The molecule has 0 saturated heterocycles. The van der Waals surface area contributed by atoms with Crippen LogP contribution in [0, 0.1) is 0 Å². The lowest BCUT2D eigenvalue weighted by Crippen LogP contribution is -2.45. The number of alkyl halides is 3. The number of carbonyl (C=O) groups excluding carboxylic acids is 1. The number of nitrogens with zero attached hydrogens (tertiary/aromatic N) is 2. The number of fused-ring (bicyclic) bond motifs is 1. The van der Waals surface area contributed by atoms with Crippen molar-refractivity contribution in [3.63, 3.8) is 0 Å². The molecule has 3 aromatic carbocycles. The monoisotopic (exact) mass is 612 g/mol. The Labute approximate surface area is 253 Å². The summed E-state index contributed by atoms with van der Waals surface area (Å²) in [5.74, 6) is 4.92. The zero-order valence-electron chi connectivity index (χ0n) is 24.5. The number of hydrazine groups is 1. The average Bonchev–Trinajstić information content (AvgIpc) is 2.98. The molecule has 1 atom stereocenters. The van der Waals surface area contributed by atoms with Crippen molar-refractivity contribution in [1.29, 1.82) is 0 Å². The van der Waals surface area contributed by atoms with E-state index >= 15 is 0 Å². The van der Waals surface area contributed by atoms with Crippen LogP contribution in [0.3, 0.4) is 0 Å². The predicted octanol–water partition coefficient (Wildman–Crippen LogP) is 5.83. The third-order valence-corrected chi connectivity index (χ3v) is 6.19. The first-order valence-corrected chi connectivity index (χ1v) is 13.8. The Balaban J connectivity index is 0.000000676. The van der Waals surface area contributed by atoms with Crippen LogP contribution in [0.25, 0.3) is 10.8 Å². The Morgan fingerprint density at radius 1 is 1.00 bits per heavy atom. The maximum absolute atomic E-state index is 13.6. The molecule has 0 bridgehead atoms. The number of pyridine rings is 1. The number of aliphatic carboxylic acids is 1. The molecule has 4 N–H and O–H groups in total. The minimum absolute atomic E-state index is 0.0137. The molecule has 12 heteroatoms. The van der Waals surface area contributed by atoms with Gasteiger partial charge in [0.05, 0.1) is 18.4 Å². The number of hydrogen-bond donors (Lipinski definition) is 3. The number of rotatable bonds is 11. The van der Waals surface area contributed by atoms with E-state index in [0.29, 0.717) is 35.9 Å². The second-order valence-corrected chi connectivity index (χ2v) is 9.85. The van der Waals surface area contributed by atoms with Gasteiger partial charge in [-0.1, -0.05) is 42.5 Å². The average molecular weight is 613 g/mol. The van der Waals surface area contributed by atoms with Crippen molar-refractivity contribution in [2.24, 2.45) is 5.84 Å². The Bertz CT molecular complexity index is 1530. The number of ether oxygens (including phenoxy) is 2. The molecular formula is C32H35F3N4O5. The van der Waals surface area contributed by atoms with Crippen molar-refractivity contribution in [1.82, 2.24) is 10.3 Å². The first kappa shape index (κ1) is 33.7. The first-order valence-electron chi connectivity index (χ1n) is 13.8. The highest BCUT2D eigenvalue weighted by molar-refractivity contribution is 5.89. The van der Waals surface area contributed by atoms with Gasteiger partial charge in [-0.25, -0.2) is 10.6 Å². The molecule has 0 saturated carbocycles. The third kappa shape index (κ3) is 9.60. The molecule has 0 aliphatic rings. The number of carboxylic acids is 1. The molecule has 4 aromatic rings. The number of nitrogens with two attached hydrogens (primary N) is 1. The summed E-state index contributed by atoms with van der Waals surface area (Å²) >= 11 is 0. The molecule has 9 nitrogen and oxygen atoms in total. The summed E-state index contributed by atoms with van der Waals surface area (Å²) in [6.45, 7) is 6.80. The third-order valence-electron chi connectivity index (χ3n) is 6.19. The zero-order chi connectivity index (χ0) is 32.3. The lowest BCUT2D eigenvalue weighted by molar-refractivity contribution is -0.192. The van der Waals surface area contributed by atoms with Crippen LogP contribution in [-0.2, 0) is 16.0 Å². The molecule has 1 amide bonds. The van der Waals surface area contributed by atoms with Crippen LogP contribution < -0.4 is 25.6 Å². The smallest absolute Gasteiger partial charge is 0.490 e. The molecule has 0 radical (unpaired) electrons. The molecule has 234 valence electrons. The van der Waals surface area contributed by atoms with E-state index in [9.17, 15) is 18.0 Å². The fraction of sp³-hybridized carbons (Fsp3) is 0.281. The van der Waals surface area contributed by atoms with Gasteiger partial charge < -0.3 is 19.9 Å². The van der Waals surface area contributed by atoms with E-state index in [1.165, 1.54) is 5.01 Å². The number of nitrogens with one attached hydrogen (secondary N) is 1. The molecule has 1 aromatic heterocycles. The van der Waals surface area contributed by atoms with Gasteiger partial charge in [0.25, 0.3) is 0 Å². The maximum Gasteiger partial charge on any atom is 0.490 e. The summed E-state index contributed by atoms with van der Waals surface area (Å²) in [4.78, 5) is 26.7. The number of anilines is 1. The predicted molar refractivity (Wildman–Crippen MR) is 161 cm³/mol. The van der Waals surface area contributed by atoms with Crippen molar-refractivity contribution in [2.45, 2.75) is 45.5 Å². The van der Waals surface area contributed by atoms with Gasteiger partial charge >= 0.3 is 12.1 Å². The number of halogens is 3. The number of amides is 1. The SMILES string of the molecule is CCOc1cc([C@H](C(=O)NCCc2ccccc2)N(N)c2ccc3cnccc3c2)ccc1OC(C)C.O=C(O)C(F)(F)F. The lowest BCUT2D eigenvalue weighted by Gasteiger charge is -2.29. The van der Waals surface area contributed by atoms with Crippen molar-refractivity contribution >= 4 is 28.3 Å². The number of carbonyl (C=O) groups is 2. The second-order valence-electron chi connectivity index (χ2n) is 9.85. The normalized spacial score (nSPS) is 11.7. The number of benzene rings is 3. The molecule has 0 fully saturated rings. The Kier molecular flexibility index (Phi) is 11.9. The van der Waals surface area contributed by atoms with Crippen molar-refractivity contribution in [2.75, 3.05) is 18.2 Å². The van der Waals surface area contributed by atoms with E-state index in [-0.39, 0.29) is 12.0 Å². The zero-order valence-corrected chi connectivity index (χ0v) is 24.5. The summed E-state index contributed by atoms with van der Waals surface area (Å²) in [6.07, 6.45) is -0.837. The van der Waals surface area contributed by atoms with Crippen LogP contribution in [0.15, 0.2) is 85.2 Å². The quantitative estimate of drug-likeness (QED) is 0.143. The first-order chi connectivity index (χ1) is 20.9. The molecule has 4 rings (SSSR count). The van der Waals surface area contributed by atoms with Crippen LogP contribution in [0.4, 0.5) is 18.9 Å². The molecule has 44 heavy (non-hydrogen) atoms. The van der Waals surface area contributed by atoms with Gasteiger partial charge in [0.15, 0.2) is 11.5 Å². The topological polar surface area (TPSA) is 127 Å². The van der Waals surface area contributed by atoms with E-state index in [1.807, 2.05) is 93.6 Å². The summed E-state index contributed by atoms with van der Waals surface area (Å²) in [5.41, 5.74) is 2.57. The van der Waals surface area contributed by atoms with Crippen LogP contribution in [0.2, 0.25) is 0 Å². The van der Waals surface area contributed by atoms with E-state index in [2.05, 4.69) is 10.3 Å². The lowest BCUT2D eigenvalue weighted by atomic mass is 10.0. The molecular weight excluding hydrogens is 577 g/mol. The Hall–Kier alpha value is -4.84. The Morgan fingerprint density at radius 3 is 2.34 bits per heavy atom. The van der Waals surface area contributed by atoms with Gasteiger partial charge in [-0.2, -0.15) is 13.2 Å². The molecule has 0 aliphatic heterocycles. The van der Waals surface area contributed by atoms with Crippen LogP contribution in [0.5, 0.6) is 11.5 Å². The Morgan fingerprint density at radius 2 is 1.70 bits per heavy atom. The summed E-state index contributed by atoms with van der Waals surface area (Å²) < 4.78 is 43.5. The van der Waals surface area contributed by atoms with Gasteiger partial charge in [-0.05, 0) is 74.0 Å². The largest absolute Gasteiger partial charge is 0.490 e. The van der Waals surface area contributed by atoms with Crippen molar-refractivity contribution in [3.8, 4) is 11.5 Å². The summed E-state index contributed by atoms with van der Waals surface area (Å²) in [7, 11) is 0. The van der Waals surface area contributed by atoms with Gasteiger partial charge in [0, 0.05) is 24.3 Å². The van der Waals surface area contributed by atoms with Crippen LogP contribution in [0.1, 0.15) is 37.9 Å². The van der Waals surface area contributed by atoms with E-state index in [0.717, 1.165) is 22.8 Å². The number of hydrogen-bond acceptors (Lipinski definition) is 7. The van der Waals surface area contributed by atoms with Gasteiger partial charge in [-0.3, -0.25) is 14.8 Å². The van der Waals surface area contributed by atoms with Crippen molar-refractivity contribution < 1.29 is 37.3 Å². The van der Waals surface area contributed by atoms with Gasteiger partial charge in [0.1, 0.15) is 6.04 Å². The minimum Gasteiger partial charge on any atom is -0.490 e. The number of carboxylic acid groups (broad SMARTS) is 1. The number of aromatic nitrogens is 1. The minimum atomic E-state index is -5.08. The van der Waals surface area contributed by atoms with E-state index in [4.69, 9.17) is 25.2 Å². The molecule has 0 aliphatic carbocycles. The fourth-order valence-corrected chi connectivity index (χ4v) is 4.20.